The fourth-order valence-electron chi connectivity index (χ4n) is 6.92. The van der Waals surface area contributed by atoms with E-state index in [2.05, 4.69) is 0 Å². The summed E-state index contributed by atoms with van der Waals surface area (Å²) in [7, 11) is 0. The van der Waals surface area contributed by atoms with Crippen molar-refractivity contribution in [2.75, 3.05) is 5.73 Å². The van der Waals surface area contributed by atoms with Crippen molar-refractivity contribution in [1.29, 1.82) is 0 Å². The number of fused-ring (bicyclic) bond motifs is 14. The molecule has 1 aromatic rings. The lowest BCUT2D eigenvalue weighted by atomic mass is 9.57. The van der Waals surface area contributed by atoms with Crippen molar-refractivity contribution in [3.63, 3.8) is 0 Å². The van der Waals surface area contributed by atoms with Crippen molar-refractivity contribution in [3.05, 3.63) is 49.5 Å². The van der Waals surface area contributed by atoms with Gasteiger partial charge >= 0.3 is 0 Å². The minimum Gasteiger partial charge on any atom is -0.399 e. The van der Waals surface area contributed by atoms with E-state index >= 15 is 0 Å². The van der Waals surface area contributed by atoms with Gasteiger partial charge < -0.3 is 5.73 Å². The molecule has 0 aliphatic heterocycles. The van der Waals surface area contributed by atoms with Gasteiger partial charge in [-0.05, 0) is 23.3 Å². The van der Waals surface area contributed by atoms with Gasteiger partial charge in [0.15, 0.2) is 8.67 Å². The Morgan fingerprint density at radius 3 is 1.33 bits per heavy atom. The first-order chi connectivity index (χ1) is 15.0. The smallest absolute Gasteiger partial charge is 0.167 e. The molecule has 33 heavy (non-hydrogen) atoms. The van der Waals surface area contributed by atoms with Gasteiger partial charge in [0.1, 0.15) is 19.5 Å². The Balaban J connectivity index is 1.79. The zero-order chi connectivity index (χ0) is 24.5. The topological polar surface area (TPSA) is 26.0 Å². The van der Waals surface area contributed by atoms with Gasteiger partial charge in [0.05, 0.1) is 20.1 Å². The highest BCUT2D eigenvalue weighted by molar-refractivity contribution is 6.67. The predicted molar refractivity (Wildman–Crippen MR) is 144 cm³/mol. The van der Waals surface area contributed by atoms with E-state index in [0.717, 1.165) is 5.56 Å². The third-order valence-corrected chi connectivity index (χ3v) is 16.7. The zero-order valence-corrected chi connectivity index (χ0v) is 24.7. The molecule has 0 amide bonds. The fraction of sp³-hybridized carbons (Fsp3) is 0.500. The molecule has 0 saturated heterocycles. The molecule has 6 rings (SSSR count). The molecule has 1 nitrogen and oxygen atoms in total. The van der Waals surface area contributed by atoms with E-state index in [1.807, 2.05) is 6.07 Å². The number of nitrogens with two attached hydrogens (primary N) is 1. The molecule has 13 heteroatoms. The van der Waals surface area contributed by atoms with Crippen molar-refractivity contribution in [2.24, 2.45) is 11.8 Å². The van der Waals surface area contributed by atoms with Crippen molar-refractivity contribution >= 4 is 145 Å². The molecule has 5 aliphatic rings. The normalized spacial score (nSPS) is 50.1. The van der Waals surface area contributed by atoms with Gasteiger partial charge in [0.25, 0.3) is 0 Å². The van der Waals surface area contributed by atoms with Gasteiger partial charge in [-0.15, -0.1) is 46.4 Å². The summed E-state index contributed by atoms with van der Waals surface area (Å²) in [6.07, 6.45) is 0. The van der Waals surface area contributed by atoms with Crippen molar-refractivity contribution in [2.45, 2.75) is 40.0 Å². The fourth-order valence-corrected chi connectivity index (χ4v) is 13.0. The molecule has 0 heterocycles. The third-order valence-electron chi connectivity index (χ3n) is 8.15. The van der Waals surface area contributed by atoms with Crippen LogP contribution < -0.4 is 5.73 Å². The van der Waals surface area contributed by atoms with E-state index in [9.17, 15) is 0 Å². The second kappa shape index (κ2) is 6.75. The van der Waals surface area contributed by atoms with Crippen LogP contribution in [0.2, 0.25) is 0 Å². The van der Waals surface area contributed by atoms with Crippen LogP contribution in [0.1, 0.15) is 23.0 Å². The van der Waals surface area contributed by atoms with Crippen LogP contribution in [0.4, 0.5) is 5.69 Å². The summed E-state index contributed by atoms with van der Waals surface area (Å²) in [5.41, 5.74) is 8.03. The van der Waals surface area contributed by atoms with E-state index in [1.54, 1.807) is 12.1 Å². The van der Waals surface area contributed by atoms with Gasteiger partial charge in [0, 0.05) is 29.4 Å². The molecule has 0 spiro atoms. The Labute approximate surface area is 249 Å². The molecule has 8 atom stereocenters. The van der Waals surface area contributed by atoms with Gasteiger partial charge in [-0.25, -0.2) is 0 Å². The van der Waals surface area contributed by atoms with Gasteiger partial charge in [-0.3, -0.25) is 0 Å². The molecule has 2 N–H and O–H groups in total. The van der Waals surface area contributed by atoms with Crippen LogP contribution in [0.25, 0.3) is 0 Å². The average molecular weight is 689 g/mol. The van der Waals surface area contributed by atoms with Crippen LogP contribution in [-0.4, -0.2) is 28.2 Å². The van der Waals surface area contributed by atoms with Gasteiger partial charge in [-0.1, -0.05) is 98.9 Å². The summed E-state index contributed by atoms with van der Waals surface area (Å²) in [6.45, 7) is 0. The van der Waals surface area contributed by atoms with E-state index in [4.69, 9.17) is 145 Å². The molecule has 4 bridgehead atoms. The summed E-state index contributed by atoms with van der Waals surface area (Å²) < 4.78 is -3.69. The predicted octanol–water partition coefficient (Wildman–Crippen LogP) is 9.37. The molecule has 2 saturated carbocycles. The summed E-state index contributed by atoms with van der Waals surface area (Å²) in [4.78, 5) is -6.52. The zero-order valence-electron chi connectivity index (χ0n) is 15.7. The van der Waals surface area contributed by atoms with Crippen LogP contribution in [0.15, 0.2) is 38.3 Å². The number of rotatable bonds is 0. The first kappa shape index (κ1) is 25.3. The summed E-state index contributed by atoms with van der Waals surface area (Å²) >= 11 is 83.4. The maximum absolute atomic E-state index is 7.26. The standard InChI is InChI=1S/C20H9Cl12N/c21-11-13(23)17(27)9-7(15(11,25)19(17,29)30)5-2-1-4(33)3-6(5)8-10(9)18(28)14(24)12(22)16(8,26)20(18,31)32/h1-3,7-10H,33H2/t7-,8+,9+,10-,15+,16+,17+,18+/m1/s1. The number of alkyl halides is 8. The second-order valence-corrected chi connectivity index (χ2v) is 15.7. The van der Waals surface area contributed by atoms with Crippen molar-refractivity contribution in [1.82, 2.24) is 0 Å². The van der Waals surface area contributed by atoms with E-state index in [1.165, 1.54) is 0 Å². The highest BCUT2D eigenvalue weighted by atomic mass is 35.5. The lowest BCUT2D eigenvalue weighted by Gasteiger charge is -2.52. The Bertz CT molecular complexity index is 1240. The summed E-state index contributed by atoms with van der Waals surface area (Å²) in [5, 5.41) is 0.153. The van der Waals surface area contributed by atoms with Crippen LogP contribution in [0.5, 0.6) is 0 Å². The number of nitrogen functional groups attached to an aromatic ring is 1. The lowest BCUT2D eigenvalue weighted by molar-refractivity contribution is 0.201. The number of hydrogen-bond donors (Lipinski definition) is 1. The molecule has 178 valence electrons. The quantitative estimate of drug-likeness (QED) is 0.214. The van der Waals surface area contributed by atoms with E-state index in [-0.39, 0.29) is 20.1 Å². The largest absolute Gasteiger partial charge is 0.399 e. The third kappa shape index (κ3) is 2.16. The van der Waals surface area contributed by atoms with Gasteiger partial charge in [-0.2, -0.15) is 0 Å². The molecule has 1 aromatic carbocycles. The Morgan fingerprint density at radius 1 is 0.545 bits per heavy atom. The molecular formula is C20H9Cl12N. The highest BCUT2D eigenvalue weighted by Gasteiger charge is 2.91. The molecule has 5 aliphatic carbocycles. The maximum Gasteiger partial charge on any atom is 0.167 e. The minimum absolute atomic E-state index is 0.0193. The SMILES string of the molecule is Nc1ccc2c(c1)[C@H]1[C@H]([C@@H]3[C@@H]2[C@]2(Cl)C(Cl)=C(Cl)[C@]3(Cl)C2(Cl)Cl)[C@]2(Cl)C(Cl)=C(Cl)[C@]1(Cl)C2(Cl)Cl. The number of hydrogen-bond acceptors (Lipinski definition) is 1. The van der Waals surface area contributed by atoms with Crippen LogP contribution in [0.3, 0.4) is 0 Å². The monoisotopic (exact) mass is 683 g/mol. The Hall–Kier alpha value is 1.98. The van der Waals surface area contributed by atoms with E-state index in [0.29, 0.717) is 11.3 Å². The highest BCUT2D eigenvalue weighted by Crippen LogP contribution is 2.88. The van der Waals surface area contributed by atoms with Crippen LogP contribution in [-0.2, 0) is 0 Å². The Kier molecular flexibility index (Phi) is 5.17. The number of halogens is 12. The molecular weight excluding hydrogens is 680 g/mol. The lowest BCUT2D eigenvalue weighted by Crippen LogP contribution is -2.53. The van der Waals surface area contributed by atoms with E-state index < -0.39 is 51.8 Å². The first-order valence-corrected chi connectivity index (χ1v) is 14.1. The minimum atomic E-state index is -1.85. The molecule has 0 unspecified atom stereocenters. The second-order valence-electron chi connectivity index (χ2n) is 9.15. The number of benzene rings is 1. The number of allylic oxidation sites excluding steroid dienone is 4. The molecule has 0 radical (unpaired) electrons. The first-order valence-electron chi connectivity index (χ1n) is 9.53. The average Bonchev–Trinajstić information content (AvgIpc) is 3.08. The molecule has 2 fully saturated rings. The van der Waals surface area contributed by atoms with Crippen LogP contribution >= 0.6 is 139 Å². The van der Waals surface area contributed by atoms with Gasteiger partial charge in [0.2, 0.25) is 0 Å². The maximum atomic E-state index is 7.26. The summed E-state index contributed by atoms with van der Waals surface area (Å²) in [6, 6.07) is 5.28. The molecule has 0 aromatic heterocycles. The number of anilines is 1. The van der Waals surface area contributed by atoms with Crippen molar-refractivity contribution in [3.8, 4) is 0 Å². The van der Waals surface area contributed by atoms with Crippen molar-refractivity contribution < 1.29 is 0 Å². The van der Waals surface area contributed by atoms with Crippen LogP contribution in [0, 0.1) is 11.8 Å². The Morgan fingerprint density at radius 2 is 0.909 bits per heavy atom. The summed E-state index contributed by atoms with van der Waals surface area (Å²) in [5.74, 6) is -2.80.